The average Bonchev–Trinajstić information content (AvgIpc) is 2.47. The molecule has 0 heterocycles. The largest absolute Gasteiger partial charge is 0.496 e. The highest BCUT2D eigenvalue weighted by Crippen LogP contribution is 2.29. The van der Waals surface area contributed by atoms with E-state index in [1.54, 1.807) is 20.1 Å². The standard InChI is InChI=1S/C17H14O2/c1-3-7-16(18)14-9-6-8-13(12-14)15-10-4-5-11-17(15)19-2/h4-6,8-12H,1-2H3. The van der Waals surface area contributed by atoms with Gasteiger partial charge in [0.15, 0.2) is 0 Å². The first-order chi connectivity index (χ1) is 9.26. The molecule has 0 unspecified atom stereocenters. The fourth-order valence-electron chi connectivity index (χ4n) is 1.90. The normalized spacial score (nSPS) is 9.37. The van der Waals surface area contributed by atoms with Gasteiger partial charge < -0.3 is 4.74 Å². The maximum Gasteiger partial charge on any atom is 0.235 e. The maximum atomic E-state index is 11.8. The molecule has 0 radical (unpaired) electrons. The minimum Gasteiger partial charge on any atom is -0.496 e. The Morgan fingerprint density at radius 2 is 1.89 bits per heavy atom. The third kappa shape index (κ3) is 2.83. The summed E-state index contributed by atoms with van der Waals surface area (Å²) < 4.78 is 5.33. The number of ketones is 1. The van der Waals surface area contributed by atoms with Crippen molar-refractivity contribution in [3.05, 3.63) is 54.1 Å². The number of ether oxygens (including phenoxy) is 1. The molecule has 2 heteroatoms. The maximum absolute atomic E-state index is 11.8. The van der Waals surface area contributed by atoms with Crippen molar-refractivity contribution in [1.82, 2.24) is 0 Å². The molecule has 0 bridgehead atoms. The van der Waals surface area contributed by atoms with Crippen molar-refractivity contribution in [2.75, 3.05) is 7.11 Å². The Kier molecular flexibility index (Phi) is 4.00. The molecule has 0 saturated heterocycles. The smallest absolute Gasteiger partial charge is 0.235 e. The molecule has 0 aliphatic carbocycles. The van der Waals surface area contributed by atoms with Gasteiger partial charge >= 0.3 is 0 Å². The number of carbonyl (C=O) groups is 1. The molecule has 0 aliphatic heterocycles. The predicted molar refractivity (Wildman–Crippen MR) is 76.2 cm³/mol. The minimum atomic E-state index is -0.167. The van der Waals surface area contributed by atoms with Gasteiger partial charge in [-0.3, -0.25) is 4.79 Å². The molecular formula is C17H14O2. The quantitative estimate of drug-likeness (QED) is 0.473. The van der Waals surface area contributed by atoms with Crippen LogP contribution in [0.15, 0.2) is 48.5 Å². The molecule has 0 atom stereocenters. The zero-order chi connectivity index (χ0) is 13.7. The van der Waals surface area contributed by atoms with E-state index in [9.17, 15) is 4.79 Å². The van der Waals surface area contributed by atoms with E-state index < -0.39 is 0 Å². The van der Waals surface area contributed by atoms with Crippen molar-refractivity contribution in [3.63, 3.8) is 0 Å². The molecule has 0 aromatic heterocycles. The number of methoxy groups -OCH3 is 1. The number of hydrogen-bond donors (Lipinski definition) is 0. The van der Waals surface area contributed by atoms with Crippen LogP contribution in [-0.4, -0.2) is 12.9 Å². The minimum absolute atomic E-state index is 0.167. The van der Waals surface area contributed by atoms with Crippen molar-refractivity contribution in [1.29, 1.82) is 0 Å². The van der Waals surface area contributed by atoms with Crippen molar-refractivity contribution >= 4 is 5.78 Å². The molecule has 0 N–H and O–H groups in total. The van der Waals surface area contributed by atoms with Crippen molar-refractivity contribution < 1.29 is 9.53 Å². The average molecular weight is 250 g/mol. The number of carbonyl (C=O) groups excluding carboxylic acids is 1. The highest BCUT2D eigenvalue weighted by atomic mass is 16.5. The fraction of sp³-hybridized carbons (Fsp3) is 0.118. The van der Waals surface area contributed by atoms with Crippen molar-refractivity contribution in [2.45, 2.75) is 6.92 Å². The summed E-state index contributed by atoms with van der Waals surface area (Å²) in [6.45, 7) is 1.65. The highest BCUT2D eigenvalue weighted by Gasteiger charge is 2.07. The molecule has 2 aromatic rings. The van der Waals surface area contributed by atoms with E-state index in [4.69, 9.17) is 4.74 Å². The number of para-hydroxylation sites is 1. The third-order valence-corrected chi connectivity index (χ3v) is 2.78. The number of rotatable bonds is 3. The second-order valence-corrected chi connectivity index (χ2v) is 3.99. The first kappa shape index (κ1) is 12.9. The molecule has 0 amide bonds. The van der Waals surface area contributed by atoms with E-state index in [2.05, 4.69) is 11.8 Å². The summed E-state index contributed by atoms with van der Waals surface area (Å²) in [5.41, 5.74) is 2.50. The van der Waals surface area contributed by atoms with E-state index in [1.165, 1.54) is 0 Å². The molecule has 2 rings (SSSR count). The summed E-state index contributed by atoms with van der Waals surface area (Å²) in [6.07, 6.45) is 0. The van der Waals surface area contributed by atoms with Crippen molar-refractivity contribution in [3.8, 4) is 28.7 Å². The van der Waals surface area contributed by atoms with Gasteiger partial charge in [-0.25, -0.2) is 0 Å². The zero-order valence-corrected chi connectivity index (χ0v) is 10.9. The first-order valence-corrected chi connectivity index (χ1v) is 5.97. The number of Topliss-reactive ketones (excluding diaryl/α,β-unsaturated/α-hetero) is 1. The van der Waals surface area contributed by atoms with Crippen LogP contribution in [0.1, 0.15) is 17.3 Å². The Morgan fingerprint density at radius 3 is 2.63 bits per heavy atom. The molecule has 0 fully saturated rings. The van der Waals surface area contributed by atoms with Gasteiger partial charge in [-0.05, 0) is 30.5 Å². The topological polar surface area (TPSA) is 26.3 Å². The summed E-state index contributed by atoms with van der Waals surface area (Å²) in [5.74, 6) is 5.79. The van der Waals surface area contributed by atoms with Crippen LogP contribution >= 0.6 is 0 Å². The van der Waals surface area contributed by atoms with E-state index in [0.717, 1.165) is 16.9 Å². The molecular weight excluding hydrogens is 236 g/mol. The Labute approximate surface area is 113 Å². The van der Waals surface area contributed by atoms with Gasteiger partial charge in [0.1, 0.15) is 5.75 Å². The number of hydrogen-bond acceptors (Lipinski definition) is 2. The second-order valence-electron chi connectivity index (χ2n) is 3.99. The lowest BCUT2D eigenvalue weighted by Gasteiger charge is -2.08. The Morgan fingerprint density at radius 1 is 1.11 bits per heavy atom. The van der Waals surface area contributed by atoms with E-state index in [-0.39, 0.29) is 5.78 Å². The molecule has 0 saturated carbocycles. The van der Waals surface area contributed by atoms with Crippen LogP contribution in [0.2, 0.25) is 0 Å². The highest BCUT2D eigenvalue weighted by molar-refractivity contribution is 6.09. The van der Waals surface area contributed by atoms with Crippen LogP contribution in [-0.2, 0) is 0 Å². The summed E-state index contributed by atoms with van der Waals surface area (Å²) in [7, 11) is 1.64. The summed E-state index contributed by atoms with van der Waals surface area (Å²) in [5, 5.41) is 0. The molecule has 0 aliphatic rings. The SMILES string of the molecule is CC#CC(=O)c1cccc(-c2ccccc2OC)c1. The van der Waals surface area contributed by atoms with E-state index in [0.29, 0.717) is 5.56 Å². The molecule has 19 heavy (non-hydrogen) atoms. The summed E-state index contributed by atoms with van der Waals surface area (Å²) in [6, 6.07) is 15.1. The van der Waals surface area contributed by atoms with Gasteiger partial charge in [0.25, 0.3) is 0 Å². The molecule has 0 spiro atoms. The van der Waals surface area contributed by atoms with E-state index in [1.807, 2.05) is 42.5 Å². The van der Waals surface area contributed by atoms with Gasteiger partial charge in [-0.15, -0.1) is 0 Å². The van der Waals surface area contributed by atoms with Gasteiger partial charge in [0, 0.05) is 11.1 Å². The van der Waals surface area contributed by atoms with E-state index >= 15 is 0 Å². The van der Waals surface area contributed by atoms with Crippen LogP contribution in [0.3, 0.4) is 0 Å². The lowest BCUT2D eigenvalue weighted by atomic mass is 10.0. The zero-order valence-electron chi connectivity index (χ0n) is 10.9. The summed E-state index contributed by atoms with van der Waals surface area (Å²) in [4.78, 5) is 11.8. The lowest BCUT2D eigenvalue weighted by molar-refractivity contribution is 0.105. The van der Waals surface area contributed by atoms with Crippen LogP contribution in [0, 0.1) is 11.8 Å². The molecule has 2 nitrogen and oxygen atoms in total. The predicted octanol–water partition coefficient (Wildman–Crippen LogP) is 3.57. The van der Waals surface area contributed by atoms with Crippen LogP contribution in [0.25, 0.3) is 11.1 Å². The summed E-state index contributed by atoms with van der Waals surface area (Å²) >= 11 is 0. The van der Waals surface area contributed by atoms with Crippen LogP contribution < -0.4 is 4.74 Å². The fourth-order valence-corrected chi connectivity index (χ4v) is 1.90. The van der Waals surface area contributed by atoms with Gasteiger partial charge in [-0.1, -0.05) is 42.3 Å². The molecule has 2 aromatic carbocycles. The first-order valence-electron chi connectivity index (χ1n) is 5.97. The van der Waals surface area contributed by atoms with Gasteiger partial charge in [0.2, 0.25) is 5.78 Å². The molecule has 94 valence electrons. The second kappa shape index (κ2) is 5.88. The Bertz CT molecular complexity index is 660. The Balaban J connectivity index is 2.48. The van der Waals surface area contributed by atoms with Crippen LogP contribution in [0.5, 0.6) is 5.75 Å². The van der Waals surface area contributed by atoms with Gasteiger partial charge in [-0.2, -0.15) is 0 Å². The third-order valence-electron chi connectivity index (χ3n) is 2.78. The lowest BCUT2D eigenvalue weighted by Crippen LogP contribution is -1.95. The number of benzene rings is 2. The Hall–Kier alpha value is -2.53. The van der Waals surface area contributed by atoms with Crippen LogP contribution in [0.4, 0.5) is 0 Å². The van der Waals surface area contributed by atoms with Crippen molar-refractivity contribution in [2.24, 2.45) is 0 Å². The monoisotopic (exact) mass is 250 g/mol. The van der Waals surface area contributed by atoms with Gasteiger partial charge in [0.05, 0.1) is 7.11 Å².